The zero-order chi connectivity index (χ0) is 42.4. The van der Waals surface area contributed by atoms with Crippen molar-refractivity contribution in [1.29, 1.82) is 0 Å². The number of amides is 3. The summed E-state index contributed by atoms with van der Waals surface area (Å²) in [5.41, 5.74) is 2.30. The highest BCUT2D eigenvalue weighted by Gasteiger charge is 2.17. The van der Waals surface area contributed by atoms with Crippen LogP contribution in [0.1, 0.15) is 118 Å². The molecule has 0 aliphatic heterocycles. The summed E-state index contributed by atoms with van der Waals surface area (Å²) >= 11 is 0. The van der Waals surface area contributed by atoms with Crippen molar-refractivity contribution < 1.29 is 28.6 Å². The standard InChI is InChI=1S/C42H79N9O6/c1-40(2,3)55-37(52)49-25-13-19-43-16-10-22-46-31-34-28-35(32-47-23-11-17-44-20-14-26-50-38(53)56-41(4,5)6)30-36(29-34)33-48-24-12-18-45-21-15-27-51-39(54)57-42(7,8)9/h16,28-30,44-48H,10-15,17-27,31-33H2,1-9H3,(H,49,52)(H,50,53)(H,51,54). The van der Waals surface area contributed by atoms with E-state index in [2.05, 4.69) is 65.7 Å². The van der Waals surface area contributed by atoms with Crippen LogP contribution in [0.15, 0.2) is 23.2 Å². The molecule has 0 saturated carbocycles. The van der Waals surface area contributed by atoms with Crippen molar-refractivity contribution in [1.82, 2.24) is 42.5 Å². The molecule has 328 valence electrons. The highest BCUT2D eigenvalue weighted by atomic mass is 16.6. The molecule has 0 aliphatic carbocycles. The Kier molecular flexibility index (Phi) is 26.8. The molecule has 15 nitrogen and oxygen atoms in total. The van der Waals surface area contributed by atoms with E-state index in [1.54, 1.807) is 0 Å². The summed E-state index contributed by atoms with van der Waals surface area (Å²) in [6.45, 7) is 27.5. The zero-order valence-corrected chi connectivity index (χ0v) is 36.8. The first-order valence-electron chi connectivity index (χ1n) is 21.0. The largest absolute Gasteiger partial charge is 0.444 e. The second kappa shape index (κ2) is 29.7. The molecular formula is C42H79N9O6. The number of carbonyl (C=O) groups excluding carboxylic acids is 3. The molecule has 0 unspecified atom stereocenters. The Balaban J connectivity index is 2.43. The van der Waals surface area contributed by atoms with Crippen molar-refractivity contribution in [3.05, 3.63) is 34.9 Å². The van der Waals surface area contributed by atoms with Gasteiger partial charge in [-0.25, -0.2) is 14.4 Å². The number of nitrogens with zero attached hydrogens (tertiary/aromatic N) is 1. The van der Waals surface area contributed by atoms with Gasteiger partial charge < -0.3 is 56.7 Å². The van der Waals surface area contributed by atoms with Crippen molar-refractivity contribution in [2.24, 2.45) is 4.99 Å². The van der Waals surface area contributed by atoms with Gasteiger partial charge in [-0.15, -0.1) is 0 Å². The third-order valence-corrected chi connectivity index (χ3v) is 7.62. The third-order valence-electron chi connectivity index (χ3n) is 7.62. The Bertz CT molecular complexity index is 1210. The lowest BCUT2D eigenvalue weighted by atomic mass is 10.0. The summed E-state index contributed by atoms with van der Waals surface area (Å²) in [4.78, 5) is 39.7. The molecule has 57 heavy (non-hydrogen) atoms. The maximum atomic E-state index is 11.8. The molecule has 0 atom stereocenters. The van der Waals surface area contributed by atoms with Gasteiger partial charge in [-0.3, -0.25) is 4.99 Å². The average Bonchev–Trinajstić information content (AvgIpc) is 3.08. The molecule has 0 bridgehead atoms. The summed E-state index contributed by atoms with van der Waals surface area (Å²) in [5.74, 6) is 0. The number of benzene rings is 1. The van der Waals surface area contributed by atoms with Crippen LogP contribution in [0.5, 0.6) is 0 Å². The van der Waals surface area contributed by atoms with Crippen LogP contribution in [-0.4, -0.2) is 113 Å². The Morgan fingerprint density at radius 2 is 0.789 bits per heavy atom. The van der Waals surface area contributed by atoms with Crippen LogP contribution in [0, 0.1) is 0 Å². The van der Waals surface area contributed by atoms with Gasteiger partial charge in [0.2, 0.25) is 0 Å². The first-order chi connectivity index (χ1) is 26.9. The highest BCUT2D eigenvalue weighted by molar-refractivity contribution is 5.68. The minimum atomic E-state index is -0.498. The van der Waals surface area contributed by atoms with Crippen LogP contribution in [-0.2, 0) is 33.8 Å². The molecule has 3 amide bonds. The first kappa shape index (κ1) is 51.5. The number of hydrogen-bond donors (Lipinski definition) is 8. The predicted molar refractivity (Wildman–Crippen MR) is 231 cm³/mol. The highest BCUT2D eigenvalue weighted by Crippen LogP contribution is 2.12. The van der Waals surface area contributed by atoms with Crippen molar-refractivity contribution in [3.8, 4) is 0 Å². The predicted octanol–water partition coefficient (Wildman–Crippen LogP) is 5.12. The maximum absolute atomic E-state index is 11.8. The van der Waals surface area contributed by atoms with Gasteiger partial charge in [0.25, 0.3) is 0 Å². The smallest absolute Gasteiger partial charge is 0.407 e. The van der Waals surface area contributed by atoms with E-state index in [-0.39, 0.29) is 12.2 Å². The second-order valence-electron chi connectivity index (χ2n) is 17.1. The van der Waals surface area contributed by atoms with Gasteiger partial charge >= 0.3 is 18.3 Å². The third kappa shape index (κ3) is 34.3. The number of carbonyl (C=O) groups is 3. The van der Waals surface area contributed by atoms with Crippen LogP contribution < -0.4 is 42.5 Å². The first-order valence-corrected chi connectivity index (χ1v) is 21.0. The number of ether oxygens (including phenoxy) is 3. The van der Waals surface area contributed by atoms with Crippen molar-refractivity contribution in [2.45, 2.75) is 137 Å². The molecule has 0 spiro atoms. The van der Waals surface area contributed by atoms with E-state index in [9.17, 15) is 14.4 Å². The lowest BCUT2D eigenvalue weighted by Crippen LogP contribution is -2.34. The van der Waals surface area contributed by atoms with E-state index in [1.165, 1.54) is 16.7 Å². The molecule has 0 fully saturated rings. The van der Waals surface area contributed by atoms with E-state index < -0.39 is 22.9 Å². The van der Waals surface area contributed by atoms with Crippen LogP contribution in [0.25, 0.3) is 0 Å². The topological polar surface area (TPSA) is 187 Å². The fourth-order valence-corrected chi connectivity index (χ4v) is 5.23. The molecular weight excluding hydrogens is 727 g/mol. The summed E-state index contributed by atoms with van der Waals surface area (Å²) in [7, 11) is 0. The molecule has 15 heteroatoms. The summed E-state index contributed by atoms with van der Waals surface area (Å²) in [6.07, 6.45) is 6.10. The summed E-state index contributed by atoms with van der Waals surface area (Å²) in [5, 5.41) is 26.0. The number of alkyl carbamates (subject to hydrolysis) is 3. The lowest BCUT2D eigenvalue weighted by molar-refractivity contribution is 0.0515. The fraction of sp³-hybridized carbons (Fsp3) is 0.762. The van der Waals surface area contributed by atoms with Gasteiger partial charge in [0.1, 0.15) is 16.8 Å². The number of rotatable bonds is 29. The summed E-state index contributed by atoms with van der Waals surface area (Å²) in [6, 6.07) is 6.82. The molecule has 0 aromatic heterocycles. The molecule has 0 radical (unpaired) electrons. The summed E-state index contributed by atoms with van der Waals surface area (Å²) < 4.78 is 15.8. The Labute approximate surface area is 344 Å². The Morgan fingerprint density at radius 1 is 0.474 bits per heavy atom. The van der Waals surface area contributed by atoms with Crippen LogP contribution in [0.2, 0.25) is 0 Å². The van der Waals surface area contributed by atoms with E-state index in [0.29, 0.717) is 26.2 Å². The average molecular weight is 806 g/mol. The van der Waals surface area contributed by atoms with E-state index in [1.807, 2.05) is 68.5 Å². The molecule has 0 saturated heterocycles. The molecule has 0 heterocycles. The zero-order valence-electron chi connectivity index (χ0n) is 36.8. The van der Waals surface area contributed by atoms with Crippen LogP contribution in [0.4, 0.5) is 14.4 Å². The Hall–Kier alpha value is -3.50. The molecule has 1 rings (SSSR count). The van der Waals surface area contributed by atoms with Gasteiger partial charge in [0.15, 0.2) is 0 Å². The minimum Gasteiger partial charge on any atom is -0.444 e. The normalized spacial score (nSPS) is 12.1. The van der Waals surface area contributed by atoms with Gasteiger partial charge in [-0.05, 0) is 163 Å². The molecule has 8 N–H and O–H groups in total. The number of nitrogens with one attached hydrogen (secondary N) is 8. The maximum Gasteiger partial charge on any atom is 0.407 e. The van der Waals surface area contributed by atoms with Crippen LogP contribution >= 0.6 is 0 Å². The van der Waals surface area contributed by atoms with E-state index in [4.69, 9.17) is 14.2 Å². The number of hydrogen-bond acceptors (Lipinski definition) is 12. The van der Waals surface area contributed by atoms with E-state index >= 15 is 0 Å². The second-order valence-corrected chi connectivity index (χ2v) is 17.1. The monoisotopic (exact) mass is 806 g/mol. The van der Waals surface area contributed by atoms with Gasteiger partial charge in [0.05, 0.1) is 0 Å². The van der Waals surface area contributed by atoms with Gasteiger partial charge in [-0.1, -0.05) is 18.2 Å². The van der Waals surface area contributed by atoms with Crippen LogP contribution in [0.3, 0.4) is 0 Å². The van der Waals surface area contributed by atoms with Crippen molar-refractivity contribution >= 4 is 24.5 Å². The fourth-order valence-electron chi connectivity index (χ4n) is 5.23. The molecule has 0 aliphatic rings. The molecule has 1 aromatic rings. The van der Waals surface area contributed by atoms with Gasteiger partial charge in [0, 0.05) is 52.4 Å². The lowest BCUT2D eigenvalue weighted by Gasteiger charge is -2.19. The Morgan fingerprint density at radius 3 is 1.16 bits per heavy atom. The minimum absolute atomic E-state index is 0.374. The van der Waals surface area contributed by atoms with Crippen molar-refractivity contribution in [3.63, 3.8) is 0 Å². The van der Waals surface area contributed by atoms with E-state index in [0.717, 1.165) is 104 Å². The van der Waals surface area contributed by atoms with Gasteiger partial charge in [-0.2, -0.15) is 0 Å². The quantitative estimate of drug-likeness (QED) is 0.0305. The van der Waals surface area contributed by atoms with Crippen molar-refractivity contribution in [2.75, 3.05) is 72.0 Å². The SMILES string of the molecule is CC(C)(C)OC(=O)NCCCN=CCCNCc1cc(CNCCCNCCCNC(=O)OC(C)(C)C)cc(CNCCCNCCCNC(=O)OC(C)(C)C)c1. The molecule has 1 aromatic carbocycles. The number of aliphatic imine (C=N–C) groups is 1.